The standard InChI is InChI=1S/C14H26N6O2S/c1-4-20(12-6-9-23(21,22)11-12)13-10-16-18-14(17-13)15-7-5-8-19(2)3/h10,12H,4-9,11H2,1-3H3,(H,15,17,18). The molecule has 0 bridgehead atoms. The number of hydrogen-bond donors (Lipinski definition) is 1. The Balaban J connectivity index is 1.99. The average Bonchev–Trinajstić information content (AvgIpc) is 2.85. The summed E-state index contributed by atoms with van der Waals surface area (Å²) in [5, 5.41) is 11.2. The Morgan fingerprint density at radius 2 is 2.17 bits per heavy atom. The number of rotatable bonds is 8. The number of sulfone groups is 1. The highest BCUT2D eigenvalue weighted by Gasteiger charge is 2.32. The maximum absolute atomic E-state index is 11.7. The molecule has 1 saturated heterocycles. The third-order valence-electron chi connectivity index (χ3n) is 3.90. The minimum absolute atomic E-state index is 0.0247. The Morgan fingerprint density at radius 3 is 2.78 bits per heavy atom. The van der Waals surface area contributed by atoms with Gasteiger partial charge in [-0.05, 0) is 40.4 Å². The lowest BCUT2D eigenvalue weighted by Gasteiger charge is -2.27. The third-order valence-corrected chi connectivity index (χ3v) is 5.65. The Labute approximate surface area is 138 Å². The maximum atomic E-state index is 11.7. The highest BCUT2D eigenvalue weighted by Crippen LogP contribution is 2.22. The molecule has 0 radical (unpaired) electrons. The highest BCUT2D eigenvalue weighted by atomic mass is 32.2. The van der Waals surface area contributed by atoms with Gasteiger partial charge in [-0.2, -0.15) is 10.1 Å². The van der Waals surface area contributed by atoms with E-state index in [2.05, 4.69) is 25.4 Å². The average molecular weight is 342 g/mol. The Morgan fingerprint density at radius 1 is 1.39 bits per heavy atom. The molecule has 0 spiro atoms. The third kappa shape index (κ3) is 5.28. The minimum Gasteiger partial charge on any atom is -0.353 e. The number of nitrogens with one attached hydrogen (secondary N) is 1. The van der Waals surface area contributed by atoms with Crippen LogP contribution in [0.3, 0.4) is 0 Å². The van der Waals surface area contributed by atoms with Gasteiger partial charge in [0.05, 0.1) is 17.7 Å². The van der Waals surface area contributed by atoms with Crippen molar-refractivity contribution in [3.8, 4) is 0 Å². The first kappa shape index (κ1) is 17.9. The number of hydrogen-bond acceptors (Lipinski definition) is 8. The summed E-state index contributed by atoms with van der Waals surface area (Å²) in [4.78, 5) is 8.61. The molecule has 2 rings (SSSR count). The Bertz CT molecular complexity index is 607. The molecular weight excluding hydrogens is 316 g/mol. The smallest absolute Gasteiger partial charge is 0.244 e. The topological polar surface area (TPSA) is 91.3 Å². The monoisotopic (exact) mass is 342 g/mol. The van der Waals surface area contributed by atoms with Gasteiger partial charge in [-0.15, -0.1) is 5.10 Å². The van der Waals surface area contributed by atoms with Gasteiger partial charge in [0.2, 0.25) is 5.95 Å². The molecule has 1 N–H and O–H groups in total. The summed E-state index contributed by atoms with van der Waals surface area (Å²) < 4.78 is 23.4. The van der Waals surface area contributed by atoms with Crippen LogP contribution in [0.15, 0.2) is 6.20 Å². The first-order chi connectivity index (χ1) is 10.9. The second-order valence-corrected chi connectivity index (χ2v) is 8.29. The second kappa shape index (κ2) is 7.87. The van der Waals surface area contributed by atoms with Gasteiger partial charge in [0.1, 0.15) is 0 Å². The molecule has 1 atom stereocenters. The van der Waals surface area contributed by atoms with Crippen LogP contribution < -0.4 is 10.2 Å². The van der Waals surface area contributed by atoms with Crippen molar-refractivity contribution >= 4 is 21.6 Å². The van der Waals surface area contributed by atoms with Gasteiger partial charge in [0.15, 0.2) is 15.7 Å². The van der Waals surface area contributed by atoms with E-state index in [1.165, 1.54) is 0 Å². The molecule has 0 aromatic carbocycles. The zero-order valence-electron chi connectivity index (χ0n) is 14.1. The summed E-state index contributed by atoms with van der Waals surface area (Å²) in [7, 11) is 1.15. The van der Waals surface area contributed by atoms with E-state index in [4.69, 9.17) is 0 Å². The molecule has 9 heteroatoms. The molecule has 1 fully saturated rings. The normalized spacial score (nSPS) is 19.9. The number of nitrogens with zero attached hydrogens (tertiary/aromatic N) is 5. The van der Waals surface area contributed by atoms with Crippen molar-refractivity contribution in [1.82, 2.24) is 20.1 Å². The zero-order chi connectivity index (χ0) is 16.9. The van der Waals surface area contributed by atoms with E-state index in [0.717, 1.165) is 19.5 Å². The maximum Gasteiger partial charge on any atom is 0.244 e. The van der Waals surface area contributed by atoms with E-state index in [9.17, 15) is 8.42 Å². The molecule has 1 aromatic rings. The van der Waals surface area contributed by atoms with Gasteiger partial charge < -0.3 is 15.1 Å². The predicted octanol–water partition coefficient (Wildman–Crippen LogP) is 0.249. The van der Waals surface area contributed by atoms with Crippen LogP contribution in [0.25, 0.3) is 0 Å². The fourth-order valence-electron chi connectivity index (χ4n) is 2.73. The summed E-state index contributed by atoms with van der Waals surface area (Å²) in [6, 6.07) is -0.0247. The lowest BCUT2D eigenvalue weighted by molar-refractivity contribution is 0.405. The first-order valence-electron chi connectivity index (χ1n) is 7.96. The molecule has 1 aliphatic rings. The fourth-order valence-corrected chi connectivity index (χ4v) is 4.46. The summed E-state index contributed by atoms with van der Waals surface area (Å²) in [6.45, 7) is 4.45. The predicted molar refractivity (Wildman–Crippen MR) is 91.6 cm³/mol. The summed E-state index contributed by atoms with van der Waals surface area (Å²) in [5.74, 6) is 1.61. The highest BCUT2D eigenvalue weighted by molar-refractivity contribution is 7.91. The fraction of sp³-hybridized carbons (Fsp3) is 0.786. The number of aromatic nitrogens is 3. The molecule has 130 valence electrons. The van der Waals surface area contributed by atoms with E-state index in [1.54, 1.807) is 6.20 Å². The van der Waals surface area contributed by atoms with Gasteiger partial charge in [0, 0.05) is 19.1 Å². The molecule has 0 amide bonds. The lowest BCUT2D eigenvalue weighted by atomic mass is 10.2. The van der Waals surface area contributed by atoms with Crippen molar-refractivity contribution in [2.45, 2.75) is 25.8 Å². The first-order valence-corrected chi connectivity index (χ1v) is 9.79. The van der Waals surface area contributed by atoms with E-state index in [-0.39, 0.29) is 17.5 Å². The molecule has 1 aromatic heterocycles. The van der Waals surface area contributed by atoms with Crippen molar-refractivity contribution < 1.29 is 8.42 Å². The van der Waals surface area contributed by atoms with Crippen LogP contribution >= 0.6 is 0 Å². The Hall–Kier alpha value is -1.48. The molecular formula is C14H26N6O2S. The SMILES string of the molecule is CCN(c1cnnc(NCCCN(C)C)n1)C1CCS(=O)(=O)C1. The molecule has 23 heavy (non-hydrogen) atoms. The molecule has 1 unspecified atom stereocenters. The summed E-state index contributed by atoms with van der Waals surface area (Å²) in [5.41, 5.74) is 0. The molecule has 8 nitrogen and oxygen atoms in total. The van der Waals surface area contributed by atoms with Crippen molar-refractivity contribution in [3.05, 3.63) is 6.20 Å². The van der Waals surface area contributed by atoms with Crippen molar-refractivity contribution in [2.75, 3.05) is 55.5 Å². The largest absolute Gasteiger partial charge is 0.353 e. The van der Waals surface area contributed by atoms with Crippen molar-refractivity contribution in [3.63, 3.8) is 0 Å². The Kier molecular flexibility index (Phi) is 6.11. The van der Waals surface area contributed by atoms with E-state index in [1.807, 2.05) is 25.9 Å². The quantitative estimate of drug-likeness (QED) is 0.672. The van der Waals surface area contributed by atoms with E-state index >= 15 is 0 Å². The number of anilines is 2. The van der Waals surface area contributed by atoms with Crippen LogP contribution in [0.5, 0.6) is 0 Å². The molecule has 0 saturated carbocycles. The van der Waals surface area contributed by atoms with Crippen LogP contribution in [0.2, 0.25) is 0 Å². The molecule has 2 heterocycles. The van der Waals surface area contributed by atoms with Gasteiger partial charge >= 0.3 is 0 Å². The van der Waals surface area contributed by atoms with Gasteiger partial charge in [-0.3, -0.25) is 0 Å². The van der Waals surface area contributed by atoms with Crippen molar-refractivity contribution in [1.29, 1.82) is 0 Å². The van der Waals surface area contributed by atoms with Gasteiger partial charge in [-0.1, -0.05) is 0 Å². The van der Waals surface area contributed by atoms with Gasteiger partial charge in [0.25, 0.3) is 0 Å². The van der Waals surface area contributed by atoms with E-state index in [0.29, 0.717) is 24.7 Å². The van der Waals surface area contributed by atoms with Crippen molar-refractivity contribution in [2.24, 2.45) is 0 Å². The second-order valence-electron chi connectivity index (χ2n) is 6.06. The molecule has 1 aliphatic heterocycles. The lowest BCUT2D eigenvalue weighted by Crippen LogP contribution is -2.37. The van der Waals surface area contributed by atoms with Crippen LogP contribution in [-0.4, -0.2) is 79.8 Å². The van der Waals surface area contributed by atoms with Crippen LogP contribution in [0, 0.1) is 0 Å². The summed E-state index contributed by atoms with van der Waals surface area (Å²) in [6.07, 6.45) is 3.23. The summed E-state index contributed by atoms with van der Waals surface area (Å²) >= 11 is 0. The van der Waals surface area contributed by atoms with Crippen LogP contribution in [0.1, 0.15) is 19.8 Å². The minimum atomic E-state index is -2.92. The molecule has 0 aliphatic carbocycles. The van der Waals surface area contributed by atoms with Crippen LogP contribution in [-0.2, 0) is 9.84 Å². The van der Waals surface area contributed by atoms with E-state index < -0.39 is 9.84 Å². The zero-order valence-corrected chi connectivity index (χ0v) is 14.9. The van der Waals surface area contributed by atoms with Gasteiger partial charge in [-0.25, -0.2) is 8.42 Å². The van der Waals surface area contributed by atoms with Crippen LogP contribution in [0.4, 0.5) is 11.8 Å².